The molecule has 3 atom stereocenters. The zero-order valence-electron chi connectivity index (χ0n) is 11.8. The molecule has 0 bridgehead atoms. The molecular weight excluding hydrogens is 305 g/mol. The van der Waals surface area contributed by atoms with Crippen molar-refractivity contribution in [2.75, 3.05) is 6.54 Å². The van der Waals surface area contributed by atoms with Crippen LogP contribution in [-0.4, -0.2) is 12.6 Å². The number of halogens is 2. The topological polar surface area (TPSA) is 12.0 Å². The molecular formula is C16H23BrFN. The number of hydrogen-bond donors (Lipinski definition) is 1. The Morgan fingerprint density at radius 1 is 1.37 bits per heavy atom. The third-order valence-electron chi connectivity index (χ3n) is 4.15. The van der Waals surface area contributed by atoms with Gasteiger partial charge in [0.1, 0.15) is 5.82 Å². The molecule has 1 saturated carbocycles. The summed E-state index contributed by atoms with van der Waals surface area (Å²) in [7, 11) is 0. The van der Waals surface area contributed by atoms with E-state index in [9.17, 15) is 4.39 Å². The molecule has 2 rings (SSSR count). The van der Waals surface area contributed by atoms with Crippen LogP contribution in [0.15, 0.2) is 22.7 Å². The lowest BCUT2D eigenvalue weighted by atomic mass is 9.91. The Labute approximate surface area is 124 Å². The first kappa shape index (κ1) is 15.0. The Morgan fingerprint density at radius 2 is 2.16 bits per heavy atom. The van der Waals surface area contributed by atoms with Crippen molar-refractivity contribution in [3.05, 3.63) is 34.1 Å². The van der Waals surface area contributed by atoms with E-state index >= 15 is 0 Å². The van der Waals surface area contributed by atoms with Crippen molar-refractivity contribution in [2.45, 2.75) is 45.6 Å². The first-order chi connectivity index (χ1) is 9.08. The van der Waals surface area contributed by atoms with Crippen molar-refractivity contribution in [3.63, 3.8) is 0 Å². The van der Waals surface area contributed by atoms with Gasteiger partial charge in [0, 0.05) is 10.5 Å². The minimum Gasteiger partial charge on any atom is -0.314 e. The Kier molecular flexibility index (Phi) is 5.40. The van der Waals surface area contributed by atoms with Gasteiger partial charge in [-0.25, -0.2) is 4.39 Å². The second-order valence-corrected chi connectivity index (χ2v) is 6.74. The number of nitrogens with one attached hydrogen (secondary N) is 1. The van der Waals surface area contributed by atoms with Crippen LogP contribution in [0.3, 0.4) is 0 Å². The van der Waals surface area contributed by atoms with Crippen molar-refractivity contribution < 1.29 is 4.39 Å². The van der Waals surface area contributed by atoms with Crippen molar-refractivity contribution in [1.29, 1.82) is 0 Å². The fourth-order valence-corrected chi connectivity index (χ4v) is 3.78. The van der Waals surface area contributed by atoms with E-state index < -0.39 is 0 Å². The maximum atomic E-state index is 13.5. The van der Waals surface area contributed by atoms with Crippen LogP contribution < -0.4 is 5.32 Å². The van der Waals surface area contributed by atoms with Gasteiger partial charge >= 0.3 is 0 Å². The highest BCUT2D eigenvalue weighted by Crippen LogP contribution is 2.34. The zero-order chi connectivity index (χ0) is 13.8. The molecule has 0 aliphatic heterocycles. The van der Waals surface area contributed by atoms with Gasteiger partial charge in [0.25, 0.3) is 0 Å². The van der Waals surface area contributed by atoms with Gasteiger partial charge in [0.2, 0.25) is 0 Å². The lowest BCUT2D eigenvalue weighted by molar-refractivity contribution is 0.353. The van der Waals surface area contributed by atoms with Gasteiger partial charge in [-0.05, 0) is 61.4 Å². The average Bonchev–Trinajstić information content (AvgIpc) is 2.74. The summed E-state index contributed by atoms with van der Waals surface area (Å²) in [5.41, 5.74) is 1.08. The van der Waals surface area contributed by atoms with Crippen LogP contribution in [0.1, 0.15) is 38.7 Å². The third-order valence-corrected chi connectivity index (χ3v) is 4.61. The normalized spacial score (nSPS) is 24.6. The van der Waals surface area contributed by atoms with Gasteiger partial charge in [0.05, 0.1) is 0 Å². The molecule has 0 saturated heterocycles. The van der Waals surface area contributed by atoms with E-state index in [2.05, 4.69) is 35.1 Å². The SMILES string of the molecule is CCNC(Cc1cc(F)cc(Br)c1)C1CCC(C)C1. The summed E-state index contributed by atoms with van der Waals surface area (Å²) in [4.78, 5) is 0. The summed E-state index contributed by atoms with van der Waals surface area (Å²) in [6, 6.07) is 5.69. The predicted molar refractivity (Wildman–Crippen MR) is 81.8 cm³/mol. The first-order valence-electron chi connectivity index (χ1n) is 7.26. The van der Waals surface area contributed by atoms with E-state index in [4.69, 9.17) is 0 Å². The van der Waals surface area contributed by atoms with Gasteiger partial charge in [-0.2, -0.15) is 0 Å². The lowest BCUT2D eigenvalue weighted by Gasteiger charge is -2.25. The molecule has 1 aromatic rings. The second kappa shape index (κ2) is 6.85. The van der Waals surface area contributed by atoms with Crippen LogP contribution >= 0.6 is 15.9 Å². The lowest BCUT2D eigenvalue weighted by Crippen LogP contribution is -2.37. The summed E-state index contributed by atoms with van der Waals surface area (Å²) in [5, 5.41) is 3.59. The molecule has 106 valence electrons. The average molecular weight is 328 g/mol. The van der Waals surface area contributed by atoms with E-state index in [-0.39, 0.29) is 5.82 Å². The Hall–Kier alpha value is -0.410. The van der Waals surface area contributed by atoms with Crippen LogP contribution in [0.25, 0.3) is 0 Å². The van der Waals surface area contributed by atoms with E-state index in [1.54, 1.807) is 6.07 Å². The standard InChI is InChI=1S/C16H23BrFN/c1-3-19-16(13-5-4-11(2)6-13)9-12-7-14(17)10-15(18)8-12/h7-8,10-11,13,16,19H,3-6,9H2,1-2H3. The summed E-state index contributed by atoms with van der Waals surface area (Å²) >= 11 is 3.37. The second-order valence-electron chi connectivity index (χ2n) is 5.82. The van der Waals surface area contributed by atoms with Crippen molar-refractivity contribution >= 4 is 15.9 Å². The molecule has 1 aromatic carbocycles. The summed E-state index contributed by atoms with van der Waals surface area (Å²) in [6.07, 6.45) is 4.85. The molecule has 1 aliphatic carbocycles. The molecule has 0 radical (unpaired) electrons. The Morgan fingerprint density at radius 3 is 2.74 bits per heavy atom. The number of likely N-dealkylation sites (N-methyl/N-ethyl adjacent to an activating group) is 1. The maximum Gasteiger partial charge on any atom is 0.124 e. The molecule has 19 heavy (non-hydrogen) atoms. The predicted octanol–water partition coefficient (Wildman–Crippen LogP) is 4.55. The molecule has 1 nitrogen and oxygen atoms in total. The highest BCUT2D eigenvalue weighted by Gasteiger charge is 2.28. The molecule has 3 heteroatoms. The monoisotopic (exact) mass is 327 g/mol. The number of rotatable bonds is 5. The van der Waals surface area contributed by atoms with Crippen molar-refractivity contribution in [1.82, 2.24) is 5.32 Å². The van der Waals surface area contributed by atoms with E-state index in [1.807, 2.05) is 6.07 Å². The molecule has 0 spiro atoms. The van der Waals surface area contributed by atoms with E-state index in [1.165, 1.54) is 25.3 Å². The van der Waals surface area contributed by atoms with Crippen LogP contribution in [0.5, 0.6) is 0 Å². The zero-order valence-corrected chi connectivity index (χ0v) is 13.3. The smallest absolute Gasteiger partial charge is 0.124 e. The highest BCUT2D eigenvalue weighted by atomic mass is 79.9. The van der Waals surface area contributed by atoms with Crippen molar-refractivity contribution in [3.8, 4) is 0 Å². The molecule has 0 amide bonds. The number of benzene rings is 1. The van der Waals surface area contributed by atoms with Crippen LogP contribution in [0.2, 0.25) is 0 Å². The molecule has 1 fully saturated rings. The molecule has 0 heterocycles. The fraction of sp³-hybridized carbons (Fsp3) is 0.625. The first-order valence-corrected chi connectivity index (χ1v) is 8.06. The minimum absolute atomic E-state index is 0.153. The fourth-order valence-electron chi connectivity index (χ4n) is 3.27. The van der Waals surface area contributed by atoms with Crippen LogP contribution in [0, 0.1) is 17.7 Å². The van der Waals surface area contributed by atoms with E-state index in [0.29, 0.717) is 6.04 Å². The third kappa shape index (κ3) is 4.28. The van der Waals surface area contributed by atoms with Gasteiger partial charge in [0.15, 0.2) is 0 Å². The largest absolute Gasteiger partial charge is 0.314 e. The highest BCUT2D eigenvalue weighted by molar-refractivity contribution is 9.10. The molecule has 0 aromatic heterocycles. The molecule has 1 N–H and O–H groups in total. The van der Waals surface area contributed by atoms with Crippen LogP contribution in [0.4, 0.5) is 4.39 Å². The molecule has 1 aliphatic rings. The molecule has 3 unspecified atom stereocenters. The summed E-state index contributed by atoms with van der Waals surface area (Å²) < 4.78 is 14.3. The Balaban J connectivity index is 2.07. The van der Waals surface area contributed by atoms with Gasteiger partial charge < -0.3 is 5.32 Å². The van der Waals surface area contributed by atoms with Gasteiger partial charge in [-0.3, -0.25) is 0 Å². The van der Waals surface area contributed by atoms with E-state index in [0.717, 1.165) is 34.8 Å². The van der Waals surface area contributed by atoms with Gasteiger partial charge in [-0.15, -0.1) is 0 Å². The number of hydrogen-bond acceptors (Lipinski definition) is 1. The quantitative estimate of drug-likeness (QED) is 0.836. The van der Waals surface area contributed by atoms with Gasteiger partial charge in [-0.1, -0.05) is 36.2 Å². The van der Waals surface area contributed by atoms with Crippen molar-refractivity contribution in [2.24, 2.45) is 11.8 Å². The Bertz CT molecular complexity index is 401. The summed E-state index contributed by atoms with van der Waals surface area (Å²) in [6.45, 7) is 5.46. The summed E-state index contributed by atoms with van der Waals surface area (Å²) in [5.74, 6) is 1.42. The maximum absolute atomic E-state index is 13.5. The van der Waals surface area contributed by atoms with Crippen LogP contribution in [-0.2, 0) is 6.42 Å². The minimum atomic E-state index is -0.153.